The Balaban J connectivity index is 2.96. The molecule has 1 aromatic rings. The van der Waals surface area contributed by atoms with Crippen LogP contribution in [0.15, 0.2) is 24.3 Å². The first-order valence-corrected chi connectivity index (χ1v) is 3.75. The first kappa shape index (κ1) is 9.03. The van der Waals surface area contributed by atoms with Crippen LogP contribution in [0.5, 0.6) is 5.75 Å². The molecule has 0 radical (unpaired) electrons. The molecular weight excluding hydrogens is 154 g/mol. The SMILES string of the molecule is C[C@](N)(CO)c1ccc(O)cc1. The Hall–Kier alpha value is -1.06. The molecule has 0 saturated heterocycles. The molecular formula is C9H13NO2. The largest absolute Gasteiger partial charge is 0.508 e. The highest BCUT2D eigenvalue weighted by molar-refractivity contribution is 5.30. The fourth-order valence-electron chi connectivity index (χ4n) is 0.933. The van der Waals surface area contributed by atoms with E-state index in [1.54, 1.807) is 31.2 Å². The van der Waals surface area contributed by atoms with Crippen molar-refractivity contribution in [3.63, 3.8) is 0 Å². The second-order valence-electron chi connectivity index (χ2n) is 3.12. The van der Waals surface area contributed by atoms with Crippen molar-refractivity contribution < 1.29 is 10.2 Å². The molecule has 0 amide bonds. The van der Waals surface area contributed by atoms with Crippen molar-refractivity contribution in [2.45, 2.75) is 12.5 Å². The van der Waals surface area contributed by atoms with Gasteiger partial charge < -0.3 is 15.9 Å². The highest BCUT2D eigenvalue weighted by Gasteiger charge is 2.19. The van der Waals surface area contributed by atoms with Crippen molar-refractivity contribution in [2.24, 2.45) is 5.73 Å². The quantitative estimate of drug-likeness (QED) is 0.603. The summed E-state index contributed by atoms with van der Waals surface area (Å²) in [5.41, 5.74) is 5.84. The number of aliphatic hydroxyl groups is 1. The molecule has 0 aromatic heterocycles. The van der Waals surface area contributed by atoms with E-state index in [1.807, 2.05) is 0 Å². The molecule has 0 aliphatic heterocycles. The van der Waals surface area contributed by atoms with Gasteiger partial charge in [-0.25, -0.2) is 0 Å². The van der Waals surface area contributed by atoms with Crippen molar-refractivity contribution >= 4 is 0 Å². The van der Waals surface area contributed by atoms with Gasteiger partial charge in [0.05, 0.1) is 12.1 Å². The van der Waals surface area contributed by atoms with Crippen LogP contribution in [0.3, 0.4) is 0 Å². The van der Waals surface area contributed by atoms with E-state index in [9.17, 15) is 0 Å². The molecule has 4 N–H and O–H groups in total. The van der Waals surface area contributed by atoms with Crippen LogP contribution < -0.4 is 5.73 Å². The Morgan fingerprint density at radius 2 is 1.83 bits per heavy atom. The van der Waals surface area contributed by atoms with E-state index in [1.165, 1.54) is 0 Å². The number of nitrogens with two attached hydrogens (primary N) is 1. The van der Waals surface area contributed by atoms with E-state index >= 15 is 0 Å². The molecule has 0 heterocycles. The van der Waals surface area contributed by atoms with Crippen molar-refractivity contribution in [3.05, 3.63) is 29.8 Å². The maximum Gasteiger partial charge on any atom is 0.115 e. The van der Waals surface area contributed by atoms with Crippen LogP contribution in [0.25, 0.3) is 0 Å². The van der Waals surface area contributed by atoms with Crippen molar-refractivity contribution in [3.8, 4) is 5.75 Å². The van der Waals surface area contributed by atoms with Gasteiger partial charge in [-0.2, -0.15) is 0 Å². The molecule has 1 atom stereocenters. The number of rotatable bonds is 2. The van der Waals surface area contributed by atoms with Gasteiger partial charge in [-0.15, -0.1) is 0 Å². The monoisotopic (exact) mass is 167 g/mol. The zero-order valence-electron chi connectivity index (χ0n) is 6.99. The molecule has 66 valence electrons. The number of aliphatic hydroxyl groups excluding tert-OH is 1. The van der Waals surface area contributed by atoms with Gasteiger partial charge >= 0.3 is 0 Å². The van der Waals surface area contributed by atoms with Crippen LogP contribution in [0.1, 0.15) is 12.5 Å². The van der Waals surface area contributed by atoms with Crippen LogP contribution in [0.2, 0.25) is 0 Å². The summed E-state index contributed by atoms with van der Waals surface area (Å²) in [5.74, 6) is 0.201. The third-order valence-corrected chi connectivity index (χ3v) is 1.86. The van der Waals surface area contributed by atoms with Crippen LogP contribution >= 0.6 is 0 Å². The number of hydrogen-bond acceptors (Lipinski definition) is 3. The number of aromatic hydroxyl groups is 1. The lowest BCUT2D eigenvalue weighted by Crippen LogP contribution is -2.36. The summed E-state index contributed by atoms with van der Waals surface area (Å²) in [6.45, 7) is 1.62. The highest BCUT2D eigenvalue weighted by atomic mass is 16.3. The molecule has 0 aliphatic carbocycles. The summed E-state index contributed by atoms with van der Waals surface area (Å²) in [6, 6.07) is 6.50. The van der Waals surface area contributed by atoms with E-state index in [0.717, 1.165) is 5.56 Å². The lowest BCUT2D eigenvalue weighted by atomic mass is 9.94. The summed E-state index contributed by atoms with van der Waals surface area (Å²) in [7, 11) is 0. The van der Waals surface area contributed by atoms with Crippen LogP contribution in [-0.2, 0) is 5.54 Å². The molecule has 0 unspecified atom stereocenters. The van der Waals surface area contributed by atoms with Crippen molar-refractivity contribution in [1.29, 1.82) is 0 Å². The van der Waals surface area contributed by atoms with Gasteiger partial charge in [-0.1, -0.05) is 12.1 Å². The number of phenols is 1. The lowest BCUT2D eigenvalue weighted by Gasteiger charge is -2.21. The Morgan fingerprint density at radius 3 is 2.25 bits per heavy atom. The Morgan fingerprint density at radius 1 is 1.33 bits per heavy atom. The average molecular weight is 167 g/mol. The summed E-state index contributed by atoms with van der Waals surface area (Å²) < 4.78 is 0. The Kier molecular flexibility index (Phi) is 2.35. The molecule has 0 spiro atoms. The van der Waals surface area contributed by atoms with Gasteiger partial charge in [0.2, 0.25) is 0 Å². The van der Waals surface area contributed by atoms with E-state index in [-0.39, 0.29) is 12.4 Å². The van der Waals surface area contributed by atoms with E-state index < -0.39 is 5.54 Å². The third-order valence-electron chi connectivity index (χ3n) is 1.86. The van der Waals surface area contributed by atoms with Crippen LogP contribution in [0.4, 0.5) is 0 Å². The second kappa shape index (κ2) is 3.13. The molecule has 0 saturated carbocycles. The van der Waals surface area contributed by atoms with Gasteiger partial charge in [0.1, 0.15) is 5.75 Å². The molecule has 1 rings (SSSR count). The van der Waals surface area contributed by atoms with Crippen molar-refractivity contribution in [2.75, 3.05) is 6.61 Å². The average Bonchev–Trinajstić information content (AvgIpc) is 2.05. The van der Waals surface area contributed by atoms with Gasteiger partial charge in [-0.3, -0.25) is 0 Å². The van der Waals surface area contributed by atoms with E-state index in [0.29, 0.717) is 0 Å². The maximum absolute atomic E-state index is 8.99. The second-order valence-corrected chi connectivity index (χ2v) is 3.12. The normalized spacial score (nSPS) is 15.6. The van der Waals surface area contributed by atoms with Gasteiger partial charge in [-0.05, 0) is 24.6 Å². The summed E-state index contributed by atoms with van der Waals surface area (Å²) in [5, 5.41) is 17.9. The summed E-state index contributed by atoms with van der Waals surface area (Å²) in [6.07, 6.45) is 0. The fourth-order valence-corrected chi connectivity index (χ4v) is 0.933. The molecule has 12 heavy (non-hydrogen) atoms. The van der Waals surface area contributed by atoms with Crippen LogP contribution in [-0.4, -0.2) is 16.8 Å². The van der Waals surface area contributed by atoms with Crippen molar-refractivity contribution in [1.82, 2.24) is 0 Å². The molecule has 3 heteroatoms. The Bertz CT molecular complexity index is 254. The predicted molar refractivity (Wildman–Crippen MR) is 46.7 cm³/mol. The topological polar surface area (TPSA) is 66.5 Å². The summed E-state index contributed by atoms with van der Waals surface area (Å²) in [4.78, 5) is 0. The molecule has 3 nitrogen and oxygen atoms in total. The lowest BCUT2D eigenvalue weighted by molar-refractivity contribution is 0.210. The standard InChI is InChI=1S/C9H13NO2/c1-9(10,6-11)7-2-4-8(12)5-3-7/h2-5,11-12H,6,10H2,1H3/t9-/m0/s1. The predicted octanol–water partition coefficient (Wildman–Crippen LogP) is 0.558. The van der Waals surface area contributed by atoms with Gasteiger partial charge in [0, 0.05) is 0 Å². The van der Waals surface area contributed by atoms with Gasteiger partial charge in [0.25, 0.3) is 0 Å². The fraction of sp³-hybridized carbons (Fsp3) is 0.333. The summed E-state index contributed by atoms with van der Waals surface area (Å²) >= 11 is 0. The third kappa shape index (κ3) is 1.75. The molecule has 0 fully saturated rings. The minimum atomic E-state index is -0.728. The maximum atomic E-state index is 8.99. The first-order valence-electron chi connectivity index (χ1n) is 3.75. The number of phenolic OH excluding ortho intramolecular Hbond substituents is 1. The first-order chi connectivity index (χ1) is 5.56. The minimum absolute atomic E-state index is 0.113. The van der Waals surface area contributed by atoms with E-state index in [2.05, 4.69) is 0 Å². The number of hydrogen-bond donors (Lipinski definition) is 3. The smallest absolute Gasteiger partial charge is 0.115 e. The van der Waals surface area contributed by atoms with Gasteiger partial charge in [0.15, 0.2) is 0 Å². The van der Waals surface area contributed by atoms with Crippen LogP contribution in [0, 0.1) is 0 Å². The molecule has 0 aliphatic rings. The minimum Gasteiger partial charge on any atom is -0.508 e. The van der Waals surface area contributed by atoms with E-state index in [4.69, 9.17) is 15.9 Å². The molecule has 0 bridgehead atoms. The zero-order valence-corrected chi connectivity index (χ0v) is 6.99. The zero-order chi connectivity index (χ0) is 9.19. The number of benzene rings is 1. The Labute approximate surface area is 71.5 Å². The highest BCUT2D eigenvalue weighted by Crippen LogP contribution is 2.19. The molecule has 1 aromatic carbocycles.